The first-order chi connectivity index (χ1) is 8.24. The van der Waals surface area contributed by atoms with Crippen molar-refractivity contribution in [3.63, 3.8) is 0 Å². The molecule has 0 atom stereocenters. The van der Waals surface area contributed by atoms with Crippen LogP contribution < -0.4 is 9.47 Å². The van der Waals surface area contributed by atoms with Crippen LogP contribution in [-0.2, 0) is 4.79 Å². The molecule has 0 radical (unpaired) electrons. The molecule has 0 bridgehead atoms. The van der Waals surface area contributed by atoms with Crippen molar-refractivity contribution in [1.82, 2.24) is 0 Å². The van der Waals surface area contributed by atoms with Crippen molar-refractivity contribution in [2.75, 3.05) is 6.79 Å². The highest BCUT2D eigenvalue weighted by atomic mass is 16.7. The standard InChI is InChI=1S/C13H12O4/c14-10(8-1-2-8)6-11(15)9-3-4-12-13(5-9)17-7-16-12/h3-5,8H,1-2,6-7H2. The van der Waals surface area contributed by atoms with E-state index in [1.807, 2.05) is 0 Å². The number of hydrogen-bond acceptors (Lipinski definition) is 4. The van der Waals surface area contributed by atoms with Crippen LogP contribution in [0.5, 0.6) is 11.5 Å². The largest absolute Gasteiger partial charge is 0.454 e. The summed E-state index contributed by atoms with van der Waals surface area (Å²) in [5.74, 6) is 1.28. The molecule has 17 heavy (non-hydrogen) atoms. The summed E-state index contributed by atoms with van der Waals surface area (Å²) in [6.07, 6.45) is 1.88. The van der Waals surface area contributed by atoms with E-state index < -0.39 is 0 Å². The second-order valence-electron chi connectivity index (χ2n) is 4.41. The van der Waals surface area contributed by atoms with E-state index in [4.69, 9.17) is 9.47 Å². The molecule has 3 rings (SSSR count). The van der Waals surface area contributed by atoms with Crippen LogP contribution in [0.1, 0.15) is 29.6 Å². The van der Waals surface area contributed by atoms with Crippen molar-refractivity contribution in [1.29, 1.82) is 0 Å². The number of benzene rings is 1. The Hall–Kier alpha value is -1.84. The Labute approximate surface area is 98.5 Å². The van der Waals surface area contributed by atoms with Crippen LogP contribution in [0.2, 0.25) is 0 Å². The highest BCUT2D eigenvalue weighted by molar-refractivity contribution is 6.09. The second kappa shape index (κ2) is 3.87. The lowest BCUT2D eigenvalue weighted by atomic mass is 10.0. The van der Waals surface area contributed by atoms with Gasteiger partial charge in [0.25, 0.3) is 0 Å². The van der Waals surface area contributed by atoms with Gasteiger partial charge in [-0.2, -0.15) is 0 Å². The van der Waals surface area contributed by atoms with Gasteiger partial charge in [0.1, 0.15) is 5.78 Å². The first kappa shape index (κ1) is 10.3. The Morgan fingerprint density at radius 2 is 1.94 bits per heavy atom. The van der Waals surface area contributed by atoms with Crippen molar-refractivity contribution >= 4 is 11.6 Å². The van der Waals surface area contributed by atoms with E-state index in [1.54, 1.807) is 18.2 Å². The number of Topliss-reactive ketones (excluding diaryl/α,β-unsaturated/α-hetero) is 2. The van der Waals surface area contributed by atoms with Gasteiger partial charge in [0.15, 0.2) is 17.3 Å². The summed E-state index contributed by atoms with van der Waals surface area (Å²) in [5, 5.41) is 0. The van der Waals surface area contributed by atoms with Crippen LogP contribution in [0.25, 0.3) is 0 Å². The average molecular weight is 232 g/mol. The predicted octanol–water partition coefficient (Wildman–Crippen LogP) is 1.97. The average Bonchev–Trinajstić information content (AvgIpc) is 3.07. The van der Waals surface area contributed by atoms with Gasteiger partial charge in [0.05, 0.1) is 6.42 Å². The lowest BCUT2D eigenvalue weighted by Gasteiger charge is -2.01. The van der Waals surface area contributed by atoms with E-state index in [0.717, 1.165) is 12.8 Å². The third-order valence-corrected chi connectivity index (χ3v) is 3.06. The predicted molar refractivity (Wildman–Crippen MR) is 59.2 cm³/mol. The highest BCUT2D eigenvalue weighted by Gasteiger charge is 2.31. The molecule has 1 aromatic carbocycles. The summed E-state index contributed by atoms with van der Waals surface area (Å²) >= 11 is 0. The molecule has 2 aliphatic rings. The summed E-state index contributed by atoms with van der Waals surface area (Å²) in [6, 6.07) is 5.03. The van der Waals surface area contributed by atoms with Crippen molar-refractivity contribution in [3.05, 3.63) is 23.8 Å². The minimum absolute atomic E-state index is 0.00428. The van der Waals surface area contributed by atoms with Gasteiger partial charge >= 0.3 is 0 Å². The van der Waals surface area contributed by atoms with E-state index in [9.17, 15) is 9.59 Å². The van der Waals surface area contributed by atoms with Crippen LogP contribution >= 0.6 is 0 Å². The van der Waals surface area contributed by atoms with Gasteiger partial charge < -0.3 is 9.47 Å². The van der Waals surface area contributed by atoms with E-state index >= 15 is 0 Å². The van der Waals surface area contributed by atoms with Gasteiger partial charge in [-0.05, 0) is 31.0 Å². The summed E-state index contributed by atoms with van der Waals surface area (Å²) in [4.78, 5) is 23.4. The Kier molecular flexibility index (Phi) is 2.35. The van der Waals surface area contributed by atoms with Crippen LogP contribution in [0, 0.1) is 5.92 Å². The molecule has 0 N–H and O–H groups in total. The molecule has 1 fully saturated rings. The Bertz CT molecular complexity index is 488. The van der Waals surface area contributed by atoms with Gasteiger partial charge in [-0.15, -0.1) is 0 Å². The molecule has 1 heterocycles. The van der Waals surface area contributed by atoms with Crippen LogP contribution in [0.15, 0.2) is 18.2 Å². The Morgan fingerprint density at radius 3 is 2.71 bits per heavy atom. The molecular formula is C13H12O4. The number of carbonyl (C=O) groups is 2. The topological polar surface area (TPSA) is 52.6 Å². The molecule has 0 saturated heterocycles. The van der Waals surface area contributed by atoms with Crippen molar-refractivity contribution < 1.29 is 19.1 Å². The number of ether oxygens (including phenoxy) is 2. The number of carbonyl (C=O) groups excluding carboxylic acids is 2. The molecular weight excluding hydrogens is 220 g/mol. The Morgan fingerprint density at radius 1 is 1.18 bits per heavy atom. The number of hydrogen-bond donors (Lipinski definition) is 0. The maximum Gasteiger partial charge on any atom is 0.231 e. The molecule has 88 valence electrons. The molecule has 0 aromatic heterocycles. The first-order valence-corrected chi connectivity index (χ1v) is 5.69. The second-order valence-corrected chi connectivity index (χ2v) is 4.41. The molecule has 1 aliphatic heterocycles. The minimum Gasteiger partial charge on any atom is -0.454 e. The minimum atomic E-state index is -0.139. The van der Waals surface area contributed by atoms with Gasteiger partial charge in [-0.25, -0.2) is 0 Å². The zero-order valence-corrected chi connectivity index (χ0v) is 9.27. The summed E-state index contributed by atoms with van der Waals surface area (Å²) in [6.45, 7) is 0.188. The van der Waals surface area contributed by atoms with E-state index in [-0.39, 0.29) is 30.7 Å². The summed E-state index contributed by atoms with van der Waals surface area (Å²) in [5.41, 5.74) is 0.517. The zero-order valence-electron chi connectivity index (χ0n) is 9.27. The molecule has 0 unspecified atom stereocenters. The van der Waals surface area contributed by atoms with Crippen molar-refractivity contribution in [3.8, 4) is 11.5 Å². The third kappa shape index (κ3) is 2.02. The van der Waals surface area contributed by atoms with Crippen molar-refractivity contribution in [2.24, 2.45) is 5.92 Å². The van der Waals surface area contributed by atoms with E-state index in [0.29, 0.717) is 17.1 Å². The van der Waals surface area contributed by atoms with Gasteiger partial charge in [-0.1, -0.05) is 0 Å². The monoisotopic (exact) mass is 232 g/mol. The van der Waals surface area contributed by atoms with Crippen LogP contribution in [-0.4, -0.2) is 18.4 Å². The van der Waals surface area contributed by atoms with Crippen LogP contribution in [0.3, 0.4) is 0 Å². The first-order valence-electron chi connectivity index (χ1n) is 5.69. The van der Waals surface area contributed by atoms with E-state index in [2.05, 4.69) is 0 Å². The fourth-order valence-electron chi connectivity index (χ4n) is 1.88. The normalized spacial score (nSPS) is 16.9. The third-order valence-electron chi connectivity index (χ3n) is 3.06. The molecule has 1 saturated carbocycles. The van der Waals surface area contributed by atoms with Gasteiger partial charge in [0, 0.05) is 11.5 Å². The fourth-order valence-corrected chi connectivity index (χ4v) is 1.88. The zero-order chi connectivity index (χ0) is 11.8. The molecule has 1 aromatic rings. The molecule has 1 aliphatic carbocycles. The Balaban J connectivity index is 1.74. The SMILES string of the molecule is O=C(CC(=O)C1CC1)c1ccc2c(c1)OCO2. The molecule has 0 spiro atoms. The quantitative estimate of drug-likeness (QED) is 0.588. The molecule has 4 nitrogen and oxygen atoms in total. The summed E-state index contributed by atoms with van der Waals surface area (Å²) < 4.78 is 10.4. The highest BCUT2D eigenvalue weighted by Crippen LogP contribution is 2.34. The van der Waals surface area contributed by atoms with Crippen molar-refractivity contribution in [2.45, 2.75) is 19.3 Å². The van der Waals surface area contributed by atoms with Gasteiger partial charge in [-0.3, -0.25) is 9.59 Å². The molecule has 0 amide bonds. The summed E-state index contributed by atoms with van der Waals surface area (Å²) in [7, 11) is 0. The smallest absolute Gasteiger partial charge is 0.231 e. The van der Waals surface area contributed by atoms with Crippen LogP contribution in [0.4, 0.5) is 0 Å². The maximum atomic E-state index is 11.9. The molecule has 4 heteroatoms. The lowest BCUT2D eigenvalue weighted by Crippen LogP contribution is -2.09. The number of rotatable bonds is 4. The fraction of sp³-hybridized carbons (Fsp3) is 0.385. The number of ketones is 2. The van der Waals surface area contributed by atoms with E-state index in [1.165, 1.54) is 0 Å². The van der Waals surface area contributed by atoms with Gasteiger partial charge in [0.2, 0.25) is 6.79 Å². The lowest BCUT2D eigenvalue weighted by molar-refractivity contribution is -0.119. The maximum absolute atomic E-state index is 11.9. The number of fused-ring (bicyclic) bond motifs is 1.